The van der Waals surface area contributed by atoms with Crippen LogP contribution in [0.1, 0.15) is 5.01 Å². The number of rotatable bonds is 5. The number of carbonyl (C=O) groups excluding carboxylic acids is 2. The minimum absolute atomic E-state index is 0.0115. The number of fused-ring (bicyclic) bond motifs is 1. The molecule has 3 heterocycles. The van der Waals surface area contributed by atoms with Crippen molar-refractivity contribution in [3.63, 3.8) is 0 Å². The minimum atomic E-state index is -1.14. The first-order valence-electron chi connectivity index (χ1n) is 7.23. The van der Waals surface area contributed by atoms with Gasteiger partial charge in [-0.25, -0.2) is 9.59 Å². The molecule has 3 N–H and O–H groups in total. The third-order valence-corrected chi connectivity index (χ3v) is 7.04. The summed E-state index contributed by atoms with van der Waals surface area (Å²) in [6.45, 7) is 1.85. The Hall–Kier alpha value is -1.79. The van der Waals surface area contributed by atoms with Crippen LogP contribution in [-0.2, 0) is 9.59 Å². The SMILES string of the molecule is CNC(=O)NC1C(=O)N2C(C(=O)O)=C(CSc3nnc(C)s3)CS[C@H]12. The van der Waals surface area contributed by atoms with Crippen LogP contribution in [0, 0.1) is 6.92 Å². The lowest BCUT2D eigenvalue weighted by Crippen LogP contribution is -2.71. The van der Waals surface area contributed by atoms with Gasteiger partial charge < -0.3 is 15.7 Å². The van der Waals surface area contributed by atoms with Gasteiger partial charge in [0.05, 0.1) is 0 Å². The highest BCUT2D eigenvalue weighted by Crippen LogP contribution is 2.41. The van der Waals surface area contributed by atoms with E-state index in [2.05, 4.69) is 20.8 Å². The molecular weight excluding hydrogens is 386 g/mol. The average molecular weight is 401 g/mol. The van der Waals surface area contributed by atoms with Crippen LogP contribution >= 0.6 is 34.9 Å². The van der Waals surface area contributed by atoms with Gasteiger partial charge in [-0.05, 0) is 12.5 Å². The van der Waals surface area contributed by atoms with Crippen LogP contribution in [0.25, 0.3) is 0 Å². The number of nitrogens with zero attached hydrogens (tertiary/aromatic N) is 3. The number of hydrogen-bond donors (Lipinski definition) is 3. The Morgan fingerprint density at radius 3 is 2.80 bits per heavy atom. The van der Waals surface area contributed by atoms with Crippen molar-refractivity contribution >= 4 is 52.8 Å². The van der Waals surface area contributed by atoms with Crippen LogP contribution in [0.2, 0.25) is 0 Å². The van der Waals surface area contributed by atoms with E-state index in [0.717, 1.165) is 9.35 Å². The zero-order valence-corrected chi connectivity index (χ0v) is 15.8. The number of thioether (sulfide) groups is 2. The Bertz CT molecular complexity index is 765. The van der Waals surface area contributed by atoms with Gasteiger partial charge in [-0.15, -0.1) is 22.0 Å². The molecule has 1 fully saturated rings. The van der Waals surface area contributed by atoms with Crippen molar-refractivity contribution in [3.8, 4) is 0 Å². The molecule has 0 bridgehead atoms. The van der Waals surface area contributed by atoms with Gasteiger partial charge in [0.1, 0.15) is 22.1 Å². The van der Waals surface area contributed by atoms with E-state index in [1.807, 2.05) is 6.92 Å². The third-order valence-electron chi connectivity index (χ3n) is 3.64. The Morgan fingerprint density at radius 1 is 1.44 bits per heavy atom. The number of aryl methyl sites for hydroxylation is 1. The zero-order valence-electron chi connectivity index (χ0n) is 13.3. The van der Waals surface area contributed by atoms with E-state index in [-0.39, 0.29) is 5.70 Å². The molecule has 1 aromatic heterocycles. The molecule has 0 aliphatic carbocycles. The Morgan fingerprint density at radius 2 is 2.20 bits per heavy atom. The second-order valence-electron chi connectivity index (χ2n) is 5.24. The summed E-state index contributed by atoms with van der Waals surface area (Å²) in [6.07, 6.45) is 0. The number of carboxylic acid groups (broad SMARTS) is 1. The lowest BCUT2D eigenvalue weighted by Gasteiger charge is -2.49. The molecule has 1 saturated heterocycles. The number of aliphatic carboxylic acids is 1. The van der Waals surface area contributed by atoms with Crippen LogP contribution in [0.4, 0.5) is 4.79 Å². The highest BCUT2D eigenvalue weighted by molar-refractivity contribution is 8.01. The molecule has 1 aromatic rings. The van der Waals surface area contributed by atoms with Gasteiger partial charge in [-0.3, -0.25) is 9.69 Å². The Balaban J connectivity index is 1.76. The number of hydrogen-bond acceptors (Lipinski definition) is 8. The van der Waals surface area contributed by atoms with Gasteiger partial charge in [0.25, 0.3) is 5.91 Å². The van der Waals surface area contributed by atoms with E-state index in [1.54, 1.807) is 0 Å². The lowest BCUT2D eigenvalue weighted by molar-refractivity contribution is -0.148. The topological polar surface area (TPSA) is 125 Å². The van der Waals surface area contributed by atoms with Crippen LogP contribution < -0.4 is 10.6 Å². The van der Waals surface area contributed by atoms with Crippen LogP contribution in [-0.4, -0.2) is 68.1 Å². The Labute approximate surface area is 155 Å². The fourth-order valence-electron chi connectivity index (χ4n) is 2.49. The molecule has 1 unspecified atom stereocenters. The number of carbonyl (C=O) groups is 3. The molecule has 134 valence electrons. The van der Waals surface area contributed by atoms with E-state index in [9.17, 15) is 19.5 Å². The molecule has 9 nitrogen and oxygen atoms in total. The zero-order chi connectivity index (χ0) is 18.1. The van der Waals surface area contributed by atoms with Crippen molar-refractivity contribution in [3.05, 3.63) is 16.3 Å². The highest BCUT2D eigenvalue weighted by Gasteiger charge is 2.54. The largest absolute Gasteiger partial charge is 0.477 e. The molecule has 25 heavy (non-hydrogen) atoms. The second kappa shape index (κ2) is 7.22. The standard InChI is InChI=1S/C13H15N5O4S3/c1-5-16-17-13(25-5)24-4-6-3-23-10-7(15-12(22)14-2)9(19)18(10)8(6)11(20)21/h7,10H,3-4H2,1-2H3,(H,20,21)(H2,14,15,22)/t7?,10-/m1/s1. The first-order chi connectivity index (χ1) is 11.9. The molecule has 0 aromatic carbocycles. The van der Waals surface area contributed by atoms with E-state index in [1.165, 1.54) is 46.8 Å². The quantitative estimate of drug-likeness (QED) is 0.481. The van der Waals surface area contributed by atoms with Crippen molar-refractivity contribution < 1.29 is 19.5 Å². The van der Waals surface area contributed by atoms with Crippen molar-refractivity contribution in [2.45, 2.75) is 22.7 Å². The maximum Gasteiger partial charge on any atom is 0.352 e. The van der Waals surface area contributed by atoms with E-state index >= 15 is 0 Å². The molecule has 2 atom stereocenters. The fourth-order valence-corrected chi connectivity index (χ4v) is 5.79. The number of amides is 3. The fraction of sp³-hybridized carbons (Fsp3) is 0.462. The second-order valence-corrected chi connectivity index (χ2v) is 8.75. The summed E-state index contributed by atoms with van der Waals surface area (Å²) in [5.41, 5.74) is 0.677. The molecule has 0 radical (unpaired) electrons. The van der Waals surface area contributed by atoms with Crippen LogP contribution in [0.5, 0.6) is 0 Å². The number of urea groups is 1. The molecule has 3 rings (SSSR count). The molecular formula is C13H15N5O4S3. The normalized spacial score (nSPS) is 22.3. The summed E-state index contributed by atoms with van der Waals surface area (Å²) in [5.74, 6) is -0.645. The van der Waals surface area contributed by atoms with Crippen molar-refractivity contribution in [2.75, 3.05) is 18.6 Å². The maximum atomic E-state index is 12.3. The summed E-state index contributed by atoms with van der Waals surface area (Å²) in [7, 11) is 1.46. The molecule has 3 amide bonds. The summed E-state index contributed by atoms with van der Waals surface area (Å²) in [5, 5.41) is 22.9. The smallest absolute Gasteiger partial charge is 0.352 e. The van der Waals surface area contributed by atoms with Crippen molar-refractivity contribution in [1.29, 1.82) is 0 Å². The first-order valence-corrected chi connectivity index (χ1v) is 10.1. The van der Waals surface area contributed by atoms with Crippen molar-refractivity contribution in [1.82, 2.24) is 25.7 Å². The summed E-state index contributed by atoms with van der Waals surface area (Å²) in [6, 6.07) is -1.17. The molecule has 0 saturated carbocycles. The van der Waals surface area contributed by atoms with E-state index in [0.29, 0.717) is 17.1 Å². The highest BCUT2D eigenvalue weighted by atomic mass is 32.2. The number of carboxylic acids is 1. The molecule has 0 spiro atoms. The van der Waals surface area contributed by atoms with Gasteiger partial charge >= 0.3 is 12.0 Å². The van der Waals surface area contributed by atoms with Gasteiger partial charge in [-0.2, -0.15) is 0 Å². The Kier molecular flexibility index (Phi) is 5.20. The van der Waals surface area contributed by atoms with Crippen LogP contribution in [0.15, 0.2) is 15.6 Å². The van der Waals surface area contributed by atoms with Gasteiger partial charge in [0.2, 0.25) is 0 Å². The molecule has 2 aliphatic rings. The first kappa shape index (κ1) is 18.0. The summed E-state index contributed by atoms with van der Waals surface area (Å²) < 4.78 is 0.760. The third kappa shape index (κ3) is 3.46. The number of nitrogens with one attached hydrogen (secondary N) is 2. The number of β-lactam (4-membered cyclic amide) rings is 1. The van der Waals surface area contributed by atoms with Gasteiger partial charge in [-0.1, -0.05) is 23.1 Å². The van der Waals surface area contributed by atoms with E-state index < -0.39 is 29.3 Å². The minimum Gasteiger partial charge on any atom is -0.477 e. The average Bonchev–Trinajstić information content (AvgIpc) is 3.01. The summed E-state index contributed by atoms with van der Waals surface area (Å²) in [4.78, 5) is 36.7. The van der Waals surface area contributed by atoms with E-state index in [4.69, 9.17) is 0 Å². The monoisotopic (exact) mass is 401 g/mol. The van der Waals surface area contributed by atoms with Gasteiger partial charge in [0.15, 0.2) is 4.34 Å². The van der Waals surface area contributed by atoms with Crippen LogP contribution in [0.3, 0.4) is 0 Å². The van der Waals surface area contributed by atoms with Crippen molar-refractivity contribution in [2.24, 2.45) is 0 Å². The van der Waals surface area contributed by atoms with Gasteiger partial charge in [0, 0.05) is 18.6 Å². The number of aromatic nitrogens is 2. The predicted molar refractivity (Wildman–Crippen MR) is 94.5 cm³/mol. The summed E-state index contributed by atoms with van der Waals surface area (Å²) >= 11 is 4.29. The predicted octanol–water partition coefficient (Wildman–Crippen LogP) is 0.490. The molecule has 2 aliphatic heterocycles. The maximum absolute atomic E-state index is 12.3. The molecule has 12 heteroatoms. The lowest BCUT2D eigenvalue weighted by atomic mass is 10.0.